The molecule has 2 heterocycles. The summed E-state index contributed by atoms with van der Waals surface area (Å²) in [4.78, 5) is 4.64. The number of ether oxygens (including phenoxy) is 1. The lowest BCUT2D eigenvalue weighted by Crippen LogP contribution is -2.29. The minimum absolute atomic E-state index is 0.164. The van der Waals surface area contributed by atoms with Crippen LogP contribution in [-0.2, 0) is 17.6 Å². The van der Waals surface area contributed by atoms with Crippen LogP contribution < -0.4 is 10.6 Å². The summed E-state index contributed by atoms with van der Waals surface area (Å²) in [6, 6.07) is 7.53. The van der Waals surface area contributed by atoms with E-state index in [2.05, 4.69) is 21.7 Å². The van der Waals surface area contributed by atoms with Crippen LogP contribution in [0.25, 0.3) is 0 Å². The van der Waals surface area contributed by atoms with E-state index in [1.54, 1.807) is 0 Å². The Bertz CT molecular complexity index is 1150. The molecule has 1 aromatic heterocycles. The van der Waals surface area contributed by atoms with E-state index in [0.29, 0.717) is 18.0 Å². The predicted molar refractivity (Wildman–Crippen MR) is 131 cm³/mol. The molecular formula is C27H29FN4O. The van der Waals surface area contributed by atoms with Crippen molar-refractivity contribution >= 4 is 23.0 Å². The number of nitrogens with one attached hydrogen (secondary N) is 3. The molecule has 3 aliphatic rings. The lowest BCUT2D eigenvalue weighted by Gasteiger charge is -2.25. The Kier molecular flexibility index (Phi) is 6.35. The van der Waals surface area contributed by atoms with Crippen molar-refractivity contribution in [3.63, 3.8) is 0 Å². The Balaban J connectivity index is 1.50. The highest BCUT2D eigenvalue weighted by Gasteiger charge is 2.22. The third-order valence-corrected chi connectivity index (χ3v) is 6.41. The van der Waals surface area contributed by atoms with Crippen LogP contribution in [0, 0.1) is 11.2 Å². The summed E-state index contributed by atoms with van der Waals surface area (Å²) in [5.41, 5.74) is 4.88. The molecule has 0 spiro atoms. The second-order valence-electron chi connectivity index (χ2n) is 8.69. The number of pyridine rings is 1. The normalized spacial score (nSPS) is 19.5. The lowest BCUT2D eigenvalue weighted by molar-refractivity contribution is 0.0341. The van der Waals surface area contributed by atoms with E-state index >= 15 is 4.39 Å². The minimum atomic E-state index is -0.475. The summed E-state index contributed by atoms with van der Waals surface area (Å²) in [6.07, 6.45) is 16.4. The van der Waals surface area contributed by atoms with Gasteiger partial charge in [0.25, 0.3) is 0 Å². The number of benzene rings is 1. The quantitative estimate of drug-likeness (QED) is 0.464. The van der Waals surface area contributed by atoms with Gasteiger partial charge in [0.2, 0.25) is 0 Å². The van der Waals surface area contributed by atoms with Crippen LogP contribution in [0.15, 0.2) is 60.2 Å². The maximum Gasteiger partial charge on any atom is 0.169 e. The summed E-state index contributed by atoms with van der Waals surface area (Å²) in [5, 5.41) is 15.4. The van der Waals surface area contributed by atoms with E-state index in [1.807, 2.05) is 42.5 Å². The smallest absolute Gasteiger partial charge is 0.169 e. The van der Waals surface area contributed by atoms with Crippen LogP contribution in [0.3, 0.4) is 0 Å². The summed E-state index contributed by atoms with van der Waals surface area (Å²) in [6.45, 7) is 0.687. The average Bonchev–Trinajstić information content (AvgIpc) is 3.16. The van der Waals surface area contributed by atoms with Gasteiger partial charge in [0, 0.05) is 17.9 Å². The Morgan fingerprint density at radius 2 is 2.06 bits per heavy atom. The number of hydrogen-bond donors (Lipinski definition) is 3. The van der Waals surface area contributed by atoms with Gasteiger partial charge >= 0.3 is 0 Å². The number of anilines is 3. The van der Waals surface area contributed by atoms with E-state index in [-0.39, 0.29) is 17.8 Å². The van der Waals surface area contributed by atoms with Gasteiger partial charge in [-0.3, -0.25) is 5.41 Å². The second kappa shape index (κ2) is 9.71. The number of rotatable bonds is 6. The average molecular weight is 445 g/mol. The van der Waals surface area contributed by atoms with Gasteiger partial charge < -0.3 is 15.4 Å². The number of nitrogens with zero attached hydrogens (tertiary/aromatic N) is 1. The number of halogens is 1. The minimum Gasteiger partial charge on any atom is -0.359 e. The Hall–Kier alpha value is -3.25. The van der Waals surface area contributed by atoms with Crippen molar-refractivity contribution < 1.29 is 9.13 Å². The molecule has 1 saturated heterocycles. The molecule has 1 atom stereocenters. The van der Waals surface area contributed by atoms with Crippen molar-refractivity contribution in [2.45, 2.75) is 51.2 Å². The first-order chi connectivity index (χ1) is 16.2. The molecule has 1 fully saturated rings. The molecule has 5 rings (SSSR count). The van der Waals surface area contributed by atoms with Crippen LogP contribution in [0.4, 0.5) is 21.7 Å². The fourth-order valence-corrected chi connectivity index (χ4v) is 4.67. The molecule has 0 bridgehead atoms. The number of allylic oxidation sites excluding steroid dienone is 6. The van der Waals surface area contributed by atoms with Gasteiger partial charge in [-0.05, 0) is 73.8 Å². The summed E-state index contributed by atoms with van der Waals surface area (Å²) >= 11 is 0. The van der Waals surface area contributed by atoms with Crippen LogP contribution in [0.2, 0.25) is 0 Å². The fourth-order valence-electron chi connectivity index (χ4n) is 4.67. The van der Waals surface area contributed by atoms with E-state index < -0.39 is 5.82 Å². The monoisotopic (exact) mass is 444 g/mol. The van der Waals surface area contributed by atoms with Crippen LogP contribution in [0.1, 0.15) is 48.8 Å². The van der Waals surface area contributed by atoms with Gasteiger partial charge in [0.1, 0.15) is 12.0 Å². The van der Waals surface area contributed by atoms with Gasteiger partial charge in [-0.15, -0.1) is 0 Å². The molecule has 1 aromatic carbocycles. The molecule has 0 saturated carbocycles. The Labute approximate surface area is 194 Å². The van der Waals surface area contributed by atoms with Crippen molar-refractivity contribution in [1.82, 2.24) is 4.98 Å². The standard InChI is InChI=1S/C27H29FN4O/c28-22-17-21(25(29)19-9-3-1-2-4-10-19)26(31-24-15-5-6-16-33-24)32-27(22)30-23-14-8-12-18-11-7-13-20(18)23/h1-3,8-10,12,14,17,24,29H,4-7,11,13,15-16H2,(H2,30,31,32). The van der Waals surface area contributed by atoms with E-state index in [4.69, 9.17) is 10.1 Å². The van der Waals surface area contributed by atoms with E-state index in [1.165, 1.54) is 17.2 Å². The van der Waals surface area contributed by atoms with Crippen LogP contribution >= 0.6 is 0 Å². The Morgan fingerprint density at radius 3 is 2.94 bits per heavy atom. The van der Waals surface area contributed by atoms with Crippen molar-refractivity contribution in [3.8, 4) is 0 Å². The second-order valence-corrected chi connectivity index (χ2v) is 8.69. The third-order valence-electron chi connectivity index (χ3n) is 6.41. The van der Waals surface area contributed by atoms with E-state index in [9.17, 15) is 0 Å². The first kappa shape index (κ1) is 21.6. The molecule has 1 aliphatic heterocycles. The van der Waals surface area contributed by atoms with Crippen molar-refractivity contribution in [2.24, 2.45) is 0 Å². The van der Waals surface area contributed by atoms with E-state index in [0.717, 1.165) is 56.2 Å². The van der Waals surface area contributed by atoms with Gasteiger partial charge in [0.05, 0.1) is 5.71 Å². The molecule has 6 heteroatoms. The highest BCUT2D eigenvalue weighted by Crippen LogP contribution is 2.33. The maximum atomic E-state index is 15.3. The van der Waals surface area contributed by atoms with Gasteiger partial charge in [-0.25, -0.2) is 9.37 Å². The number of aryl methyl sites for hydroxylation is 1. The highest BCUT2D eigenvalue weighted by molar-refractivity contribution is 6.15. The molecule has 2 aliphatic carbocycles. The number of fused-ring (bicyclic) bond motifs is 1. The molecule has 1 unspecified atom stereocenters. The number of aromatic nitrogens is 1. The maximum absolute atomic E-state index is 15.3. The fraction of sp³-hybridized carbons (Fsp3) is 0.333. The molecular weight excluding hydrogens is 415 g/mol. The van der Waals surface area contributed by atoms with Gasteiger partial charge in [-0.2, -0.15) is 0 Å². The summed E-state index contributed by atoms with van der Waals surface area (Å²) in [7, 11) is 0. The van der Waals surface area contributed by atoms with Crippen LogP contribution in [0.5, 0.6) is 0 Å². The molecule has 3 N–H and O–H groups in total. The molecule has 2 aromatic rings. The summed E-state index contributed by atoms with van der Waals surface area (Å²) < 4.78 is 21.2. The summed E-state index contributed by atoms with van der Waals surface area (Å²) in [5.74, 6) is 0.156. The first-order valence-corrected chi connectivity index (χ1v) is 11.8. The zero-order chi connectivity index (χ0) is 22.6. The van der Waals surface area contributed by atoms with Crippen molar-refractivity contribution in [1.29, 1.82) is 5.41 Å². The number of hydrogen-bond acceptors (Lipinski definition) is 5. The molecule has 170 valence electrons. The zero-order valence-corrected chi connectivity index (χ0v) is 18.7. The van der Waals surface area contributed by atoms with Crippen molar-refractivity contribution in [2.75, 3.05) is 17.2 Å². The lowest BCUT2D eigenvalue weighted by atomic mass is 10.0. The predicted octanol–water partition coefficient (Wildman–Crippen LogP) is 6.20. The molecule has 5 nitrogen and oxygen atoms in total. The highest BCUT2D eigenvalue weighted by atomic mass is 19.1. The SMILES string of the molecule is N=C(C1=CCC=CC=C1)c1cc(F)c(Nc2cccc3c2CCC3)nc1NC1CCCCO1. The first-order valence-electron chi connectivity index (χ1n) is 11.8. The van der Waals surface area contributed by atoms with Gasteiger partial charge in [-0.1, -0.05) is 42.5 Å². The molecule has 33 heavy (non-hydrogen) atoms. The largest absolute Gasteiger partial charge is 0.359 e. The molecule has 0 amide bonds. The van der Waals surface area contributed by atoms with Crippen LogP contribution in [-0.4, -0.2) is 23.5 Å². The Morgan fingerprint density at radius 1 is 1.12 bits per heavy atom. The third kappa shape index (κ3) is 4.76. The zero-order valence-electron chi connectivity index (χ0n) is 18.7. The topological polar surface area (TPSA) is 70.0 Å². The molecule has 0 radical (unpaired) electrons. The van der Waals surface area contributed by atoms with Gasteiger partial charge in [0.15, 0.2) is 11.6 Å². The van der Waals surface area contributed by atoms with Crippen molar-refractivity contribution in [3.05, 3.63) is 82.7 Å².